The van der Waals surface area contributed by atoms with Crippen LogP contribution in [-0.2, 0) is 6.54 Å². The van der Waals surface area contributed by atoms with E-state index in [0.29, 0.717) is 0 Å². The molecule has 27 heavy (non-hydrogen) atoms. The minimum atomic E-state index is 0.0380. The van der Waals surface area contributed by atoms with Crippen LogP contribution < -0.4 is 5.32 Å². The molecule has 4 heterocycles. The quantitative estimate of drug-likeness (QED) is 0.705. The molecule has 138 valence electrons. The van der Waals surface area contributed by atoms with Crippen molar-refractivity contribution in [2.75, 3.05) is 7.05 Å². The first-order valence-electron chi connectivity index (χ1n) is 9.06. The maximum Gasteiger partial charge on any atom is 0.169 e. The second-order valence-electron chi connectivity index (χ2n) is 7.01. The van der Waals surface area contributed by atoms with Crippen molar-refractivity contribution in [1.82, 2.24) is 24.8 Å². The lowest BCUT2D eigenvalue weighted by atomic mass is 9.97. The summed E-state index contributed by atoms with van der Waals surface area (Å²) in [5.41, 5.74) is 5.96. The topological polar surface area (TPSA) is 46.0 Å². The average molecular weight is 378 g/mol. The van der Waals surface area contributed by atoms with E-state index in [-0.39, 0.29) is 12.1 Å². The van der Waals surface area contributed by atoms with Crippen LogP contribution in [0.15, 0.2) is 55.0 Å². The molecule has 6 heteroatoms. The highest BCUT2D eigenvalue weighted by Gasteiger charge is 2.39. The second kappa shape index (κ2) is 7.12. The maximum atomic E-state index is 5.56. The normalized spacial score (nSPS) is 19.4. The highest BCUT2D eigenvalue weighted by atomic mass is 32.1. The summed E-state index contributed by atoms with van der Waals surface area (Å²) in [7, 11) is 2.05. The number of nitrogens with zero attached hydrogens (tertiary/aromatic N) is 4. The van der Waals surface area contributed by atoms with Crippen LogP contribution in [0.3, 0.4) is 0 Å². The predicted molar refractivity (Wildman–Crippen MR) is 110 cm³/mol. The Balaban J connectivity index is 1.73. The van der Waals surface area contributed by atoms with Crippen molar-refractivity contribution < 1.29 is 0 Å². The molecule has 0 radical (unpaired) electrons. The molecule has 0 aromatic carbocycles. The lowest BCUT2D eigenvalue weighted by molar-refractivity contribution is 0.366. The van der Waals surface area contributed by atoms with E-state index in [1.807, 2.05) is 36.8 Å². The van der Waals surface area contributed by atoms with Gasteiger partial charge in [0.05, 0.1) is 17.8 Å². The third kappa shape index (κ3) is 3.21. The predicted octanol–water partition coefficient (Wildman–Crippen LogP) is 3.55. The molecule has 3 aromatic heterocycles. The lowest BCUT2D eigenvalue weighted by Gasteiger charge is -2.24. The third-order valence-corrected chi connectivity index (χ3v) is 5.74. The smallest absolute Gasteiger partial charge is 0.169 e. The average Bonchev–Trinajstić information content (AvgIpc) is 3.13. The fraction of sp³-hybridized carbons (Fsp3) is 0.286. The van der Waals surface area contributed by atoms with E-state index < -0.39 is 0 Å². The Labute approximate surface area is 165 Å². The second-order valence-corrected chi connectivity index (χ2v) is 7.40. The van der Waals surface area contributed by atoms with Crippen LogP contribution in [0.1, 0.15) is 40.3 Å². The summed E-state index contributed by atoms with van der Waals surface area (Å²) in [5, 5.41) is 4.21. The number of likely N-dealkylation sites (N-methyl/N-ethyl adjacent to an activating group) is 1. The Morgan fingerprint density at radius 3 is 2.70 bits per heavy atom. The molecule has 1 aliphatic heterocycles. The summed E-state index contributed by atoms with van der Waals surface area (Å²) < 4.78 is 2.34. The van der Waals surface area contributed by atoms with Gasteiger partial charge in [-0.1, -0.05) is 12.1 Å². The molecule has 2 atom stereocenters. The summed E-state index contributed by atoms with van der Waals surface area (Å²) in [6.45, 7) is 5.15. The Hall–Kier alpha value is -2.73. The summed E-state index contributed by atoms with van der Waals surface area (Å²) >= 11 is 5.56. The molecule has 0 unspecified atom stereocenters. The van der Waals surface area contributed by atoms with Gasteiger partial charge in [-0.3, -0.25) is 9.97 Å². The zero-order valence-corrected chi connectivity index (χ0v) is 16.6. The molecular weight excluding hydrogens is 354 g/mol. The van der Waals surface area contributed by atoms with E-state index in [1.54, 1.807) is 0 Å². The van der Waals surface area contributed by atoms with Crippen molar-refractivity contribution in [2.24, 2.45) is 0 Å². The van der Waals surface area contributed by atoms with Gasteiger partial charge in [0.2, 0.25) is 0 Å². The van der Waals surface area contributed by atoms with Gasteiger partial charge in [-0.05, 0) is 61.5 Å². The Morgan fingerprint density at radius 2 is 2.00 bits per heavy atom. The third-order valence-electron chi connectivity index (χ3n) is 5.33. The van der Waals surface area contributed by atoms with E-state index in [2.05, 4.69) is 63.8 Å². The SMILES string of the molecule is Cc1cc([C@@H]2[C@H](c3ccccn3)NC(=S)N2C)c(C)n1Cc1cccnc1. The summed E-state index contributed by atoms with van der Waals surface area (Å²) in [4.78, 5) is 11.0. The van der Waals surface area contributed by atoms with Crippen LogP contribution >= 0.6 is 12.2 Å². The number of pyridine rings is 2. The first-order chi connectivity index (χ1) is 13.1. The molecule has 5 nitrogen and oxygen atoms in total. The highest BCUT2D eigenvalue weighted by Crippen LogP contribution is 2.39. The number of nitrogens with one attached hydrogen (secondary N) is 1. The molecule has 4 rings (SSSR count). The first kappa shape index (κ1) is 17.7. The van der Waals surface area contributed by atoms with Gasteiger partial charge in [0.15, 0.2) is 5.11 Å². The van der Waals surface area contributed by atoms with Crippen LogP contribution in [-0.4, -0.2) is 31.6 Å². The molecule has 0 aliphatic carbocycles. The highest BCUT2D eigenvalue weighted by molar-refractivity contribution is 7.80. The Morgan fingerprint density at radius 1 is 1.15 bits per heavy atom. The summed E-state index contributed by atoms with van der Waals surface area (Å²) in [5.74, 6) is 0. The number of hydrogen-bond acceptors (Lipinski definition) is 3. The van der Waals surface area contributed by atoms with Crippen molar-refractivity contribution in [3.8, 4) is 0 Å². The Kier molecular flexibility index (Phi) is 4.66. The molecular formula is C21H23N5S. The van der Waals surface area contributed by atoms with Crippen LogP contribution in [0.4, 0.5) is 0 Å². The molecule has 1 fully saturated rings. The molecule has 1 N–H and O–H groups in total. The van der Waals surface area contributed by atoms with Gasteiger partial charge in [0, 0.05) is 43.6 Å². The summed E-state index contributed by atoms with van der Waals surface area (Å²) in [6.07, 6.45) is 5.57. The van der Waals surface area contributed by atoms with Crippen molar-refractivity contribution in [1.29, 1.82) is 0 Å². The number of hydrogen-bond donors (Lipinski definition) is 1. The minimum absolute atomic E-state index is 0.0380. The summed E-state index contributed by atoms with van der Waals surface area (Å²) in [6, 6.07) is 12.5. The molecule has 0 saturated carbocycles. The fourth-order valence-electron chi connectivity index (χ4n) is 3.89. The van der Waals surface area contributed by atoms with Gasteiger partial charge >= 0.3 is 0 Å². The molecule has 3 aromatic rings. The maximum absolute atomic E-state index is 5.56. The number of aromatic nitrogens is 3. The molecule has 1 saturated heterocycles. The van der Waals surface area contributed by atoms with E-state index >= 15 is 0 Å². The van der Waals surface area contributed by atoms with E-state index in [9.17, 15) is 0 Å². The van der Waals surface area contributed by atoms with Gasteiger partial charge in [0.1, 0.15) is 0 Å². The molecule has 0 amide bonds. The van der Waals surface area contributed by atoms with Gasteiger partial charge in [-0.25, -0.2) is 0 Å². The fourth-order valence-corrected chi connectivity index (χ4v) is 4.13. The van der Waals surface area contributed by atoms with Crippen LogP contribution in [0.2, 0.25) is 0 Å². The molecule has 0 spiro atoms. The Bertz CT molecular complexity index is 951. The minimum Gasteiger partial charge on any atom is -0.352 e. The largest absolute Gasteiger partial charge is 0.352 e. The molecule has 1 aliphatic rings. The van der Waals surface area contributed by atoms with Crippen LogP contribution in [0.5, 0.6) is 0 Å². The van der Waals surface area contributed by atoms with Crippen molar-refractivity contribution >= 4 is 17.3 Å². The monoisotopic (exact) mass is 377 g/mol. The number of aryl methyl sites for hydroxylation is 1. The van der Waals surface area contributed by atoms with Crippen molar-refractivity contribution in [2.45, 2.75) is 32.5 Å². The molecule has 0 bridgehead atoms. The van der Waals surface area contributed by atoms with Crippen molar-refractivity contribution in [3.63, 3.8) is 0 Å². The van der Waals surface area contributed by atoms with E-state index in [1.165, 1.54) is 22.5 Å². The lowest BCUT2D eigenvalue weighted by Crippen LogP contribution is -2.25. The van der Waals surface area contributed by atoms with Gasteiger partial charge in [-0.2, -0.15) is 0 Å². The van der Waals surface area contributed by atoms with Gasteiger partial charge in [0.25, 0.3) is 0 Å². The zero-order chi connectivity index (χ0) is 19.0. The van der Waals surface area contributed by atoms with Crippen molar-refractivity contribution in [3.05, 3.63) is 83.2 Å². The van der Waals surface area contributed by atoms with Crippen LogP contribution in [0.25, 0.3) is 0 Å². The first-order valence-corrected chi connectivity index (χ1v) is 9.47. The van der Waals surface area contributed by atoms with E-state index in [4.69, 9.17) is 12.2 Å². The van der Waals surface area contributed by atoms with E-state index in [0.717, 1.165) is 17.4 Å². The number of thiocarbonyl (C=S) groups is 1. The van der Waals surface area contributed by atoms with Crippen LogP contribution in [0, 0.1) is 13.8 Å². The zero-order valence-electron chi connectivity index (χ0n) is 15.8. The standard InChI is InChI=1S/C21H23N5S/c1-14-11-17(15(2)26(14)13-16-7-6-9-22-12-16)20-19(24-21(27)25(20)3)18-8-4-5-10-23-18/h4-12,19-20H,13H2,1-3H3,(H,24,27)/t19-,20+/m0/s1. The number of rotatable bonds is 4. The van der Waals surface area contributed by atoms with Gasteiger partial charge in [-0.15, -0.1) is 0 Å². The van der Waals surface area contributed by atoms with Gasteiger partial charge < -0.3 is 14.8 Å².